The number of ketones is 1. The SMILES string of the molecule is CCOc1c(NC(CCCCNCC(=O)CCCC2SCC3NC(=O)NC32)C(=O)O)c(=O)c1=O. The van der Waals surface area contributed by atoms with Gasteiger partial charge in [0.25, 0.3) is 10.9 Å². The Balaban J connectivity index is 1.26. The number of rotatable bonds is 16. The summed E-state index contributed by atoms with van der Waals surface area (Å²) in [5.41, 5.74) is -1.57. The van der Waals surface area contributed by atoms with E-state index in [1.807, 2.05) is 11.8 Å². The fraction of sp³-hybridized carbons (Fsp3) is 0.682. The fourth-order valence-corrected chi connectivity index (χ4v) is 5.82. The molecule has 2 heterocycles. The predicted octanol–water partition coefficient (Wildman–Crippen LogP) is 0.211. The molecular weight excluding hydrogens is 464 g/mol. The molecule has 1 aromatic carbocycles. The van der Waals surface area contributed by atoms with Gasteiger partial charge in [-0.3, -0.25) is 14.4 Å². The van der Waals surface area contributed by atoms with Crippen molar-refractivity contribution in [1.29, 1.82) is 0 Å². The van der Waals surface area contributed by atoms with Gasteiger partial charge in [0.05, 0.1) is 25.2 Å². The number of aliphatic carboxylic acids is 1. The second-order valence-corrected chi connectivity index (χ2v) is 9.83. The van der Waals surface area contributed by atoms with Gasteiger partial charge < -0.3 is 31.1 Å². The van der Waals surface area contributed by atoms with E-state index in [9.17, 15) is 29.1 Å². The van der Waals surface area contributed by atoms with Crippen LogP contribution in [-0.4, -0.2) is 71.7 Å². The van der Waals surface area contributed by atoms with Gasteiger partial charge in [0, 0.05) is 17.4 Å². The number of Topliss-reactive ketones (excluding diaryl/α,β-unsaturated/α-hetero) is 1. The summed E-state index contributed by atoms with van der Waals surface area (Å²) in [5.74, 6) is -0.184. The van der Waals surface area contributed by atoms with E-state index in [-0.39, 0.29) is 54.9 Å². The lowest BCUT2D eigenvalue weighted by Crippen LogP contribution is -2.40. The van der Waals surface area contributed by atoms with Crippen molar-refractivity contribution in [2.45, 2.75) is 68.8 Å². The van der Waals surface area contributed by atoms with E-state index < -0.39 is 22.9 Å². The van der Waals surface area contributed by atoms with Gasteiger partial charge in [-0.05, 0) is 45.6 Å². The van der Waals surface area contributed by atoms with Crippen LogP contribution in [0.1, 0.15) is 45.4 Å². The van der Waals surface area contributed by atoms with Crippen LogP contribution in [0.3, 0.4) is 0 Å². The molecule has 0 spiro atoms. The summed E-state index contributed by atoms with van der Waals surface area (Å²) in [6.45, 7) is 2.72. The van der Waals surface area contributed by atoms with Crippen LogP contribution in [0.2, 0.25) is 0 Å². The minimum absolute atomic E-state index is 0.0685. The third-order valence-corrected chi connectivity index (χ3v) is 7.58. The number of fused-ring (bicyclic) bond motifs is 1. The summed E-state index contributed by atoms with van der Waals surface area (Å²) in [6, 6.07) is -0.766. The third-order valence-electron chi connectivity index (χ3n) is 6.07. The normalized spacial score (nSPS) is 22.1. The average Bonchev–Trinajstić information content (AvgIpc) is 3.35. The van der Waals surface area contributed by atoms with E-state index in [4.69, 9.17) is 4.74 Å². The molecule has 0 saturated carbocycles. The summed E-state index contributed by atoms with van der Waals surface area (Å²) in [4.78, 5) is 58.2. The fourth-order valence-electron chi connectivity index (χ4n) is 4.27. The highest BCUT2D eigenvalue weighted by molar-refractivity contribution is 8.00. The van der Waals surface area contributed by atoms with Crippen LogP contribution >= 0.6 is 11.8 Å². The van der Waals surface area contributed by atoms with E-state index in [2.05, 4.69) is 21.3 Å². The number of unbranched alkanes of at least 4 members (excludes halogenated alkanes) is 1. The Morgan fingerprint density at radius 2 is 1.97 bits per heavy atom. The molecule has 2 fully saturated rings. The van der Waals surface area contributed by atoms with Crippen molar-refractivity contribution in [2.75, 3.05) is 30.8 Å². The highest BCUT2D eigenvalue weighted by atomic mass is 32.2. The van der Waals surface area contributed by atoms with Gasteiger partial charge in [-0.2, -0.15) is 11.8 Å². The molecule has 0 aliphatic carbocycles. The number of thioether (sulfide) groups is 1. The molecule has 2 aliphatic heterocycles. The smallest absolute Gasteiger partial charge is 0.326 e. The van der Waals surface area contributed by atoms with Gasteiger partial charge in [-0.25, -0.2) is 9.59 Å². The minimum Gasteiger partial charge on any atom is -0.488 e. The molecule has 2 amide bonds. The lowest BCUT2D eigenvalue weighted by Gasteiger charge is -2.18. The summed E-state index contributed by atoms with van der Waals surface area (Å²) >= 11 is 1.83. The number of nitrogens with one attached hydrogen (secondary N) is 4. The number of amides is 2. The monoisotopic (exact) mass is 496 g/mol. The van der Waals surface area contributed by atoms with Crippen molar-refractivity contribution in [3.63, 3.8) is 0 Å². The summed E-state index contributed by atoms with van der Waals surface area (Å²) in [6.07, 6.45) is 3.64. The predicted molar refractivity (Wildman–Crippen MR) is 129 cm³/mol. The number of anilines is 1. The van der Waals surface area contributed by atoms with E-state index in [0.717, 1.165) is 18.6 Å². The van der Waals surface area contributed by atoms with Crippen molar-refractivity contribution < 1.29 is 24.2 Å². The van der Waals surface area contributed by atoms with Crippen molar-refractivity contribution in [3.8, 4) is 5.75 Å². The molecule has 0 radical (unpaired) electrons. The maximum absolute atomic E-state index is 12.1. The van der Waals surface area contributed by atoms with E-state index >= 15 is 0 Å². The number of ether oxygens (including phenoxy) is 1. The Hall–Kier alpha value is -2.60. The van der Waals surface area contributed by atoms with Gasteiger partial charge in [-0.15, -0.1) is 0 Å². The molecule has 4 unspecified atom stereocenters. The molecule has 0 aromatic heterocycles. The topological polar surface area (TPSA) is 163 Å². The lowest BCUT2D eigenvalue weighted by atomic mass is 10.0. The first-order valence-corrected chi connectivity index (χ1v) is 12.7. The van der Waals surface area contributed by atoms with E-state index in [0.29, 0.717) is 31.1 Å². The first-order valence-electron chi connectivity index (χ1n) is 11.7. The number of urea groups is 1. The number of carboxylic acids is 1. The standard InChI is InChI=1S/C22H32N4O7S/c1-2-33-20-17(18(28)19(20)29)24-13(21(30)31)7-3-4-9-23-10-12(27)6-5-8-15-16-14(11-34-15)25-22(32)26-16/h13-16,23-24H,2-11H2,1H3,(H,30,31)(H2,25,26,32). The Bertz CT molecular complexity index is 962. The van der Waals surface area contributed by atoms with Gasteiger partial charge in [0.15, 0.2) is 5.75 Å². The van der Waals surface area contributed by atoms with Crippen LogP contribution in [0.25, 0.3) is 0 Å². The second-order valence-electron chi connectivity index (χ2n) is 8.56. The summed E-state index contributed by atoms with van der Waals surface area (Å²) in [7, 11) is 0. The zero-order chi connectivity index (χ0) is 24.7. The minimum atomic E-state index is -1.11. The molecule has 1 aromatic rings. The molecule has 12 heteroatoms. The third kappa shape index (κ3) is 6.50. The van der Waals surface area contributed by atoms with Gasteiger partial charge in [0.2, 0.25) is 0 Å². The highest BCUT2D eigenvalue weighted by Gasteiger charge is 2.42. The number of carbonyl (C=O) groups excluding carboxylic acids is 2. The number of hydrogen-bond acceptors (Lipinski definition) is 9. The molecule has 2 aliphatic rings. The van der Waals surface area contributed by atoms with Crippen LogP contribution in [0.5, 0.6) is 5.75 Å². The number of hydrogen-bond donors (Lipinski definition) is 5. The van der Waals surface area contributed by atoms with Gasteiger partial charge in [-0.1, -0.05) is 0 Å². The highest BCUT2D eigenvalue weighted by Crippen LogP contribution is 2.33. The molecular formula is C22H32N4O7S. The first-order chi connectivity index (χ1) is 16.3. The zero-order valence-electron chi connectivity index (χ0n) is 19.2. The molecule has 2 saturated heterocycles. The first kappa shape index (κ1) is 26.0. The van der Waals surface area contributed by atoms with Crippen molar-refractivity contribution in [3.05, 3.63) is 20.4 Å². The lowest BCUT2D eigenvalue weighted by molar-refractivity contribution is -0.138. The Morgan fingerprint density at radius 1 is 1.18 bits per heavy atom. The molecule has 34 heavy (non-hydrogen) atoms. The molecule has 0 bridgehead atoms. The summed E-state index contributed by atoms with van der Waals surface area (Å²) < 4.78 is 5.10. The average molecular weight is 497 g/mol. The van der Waals surface area contributed by atoms with Crippen molar-refractivity contribution in [2.24, 2.45) is 0 Å². The quantitative estimate of drug-likeness (QED) is 0.121. The van der Waals surface area contributed by atoms with Crippen molar-refractivity contribution in [1.82, 2.24) is 16.0 Å². The maximum Gasteiger partial charge on any atom is 0.326 e. The van der Waals surface area contributed by atoms with E-state index in [1.54, 1.807) is 6.92 Å². The van der Waals surface area contributed by atoms with Gasteiger partial charge in [0.1, 0.15) is 17.5 Å². The van der Waals surface area contributed by atoms with Crippen molar-refractivity contribution >= 4 is 35.2 Å². The molecule has 4 atom stereocenters. The van der Waals surface area contributed by atoms with Crippen LogP contribution < -0.4 is 36.9 Å². The Kier molecular flexibility index (Phi) is 9.34. The van der Waals surface area contributed by atoms with Crippen LogP contribution in [0, 0.1) is 0 Å². The number of carboxylic acid groups (broad SMARTS) is 1. The zero-order valence-corrected chi connectivity index (χ0v) is 20.0. The summed E-state index contributed by atoms with van der Waals surface area (Å²) in [5, 5.41) is 21.3. The molecule has 188 valence electrons. The van der Waals surface area contributed by atoms with Crippen LogP contribution in [0.4, 0.5) is 10.5 Å². The molecule has 11 nitrogen and oxygen atoms in total. The number of carbonyl (C=O) groups is 3. The second kappa shape index (κ2) is 12.2. The Labute approximate surface area is 201 Å². The Morgan fingerprint density at radius 3 is 2.71 bits per heavy atom. The van der Waals surface area contributed by atoms with Crippen LogP contribution in [-0.2, 0) is 9.59 Å². The molecule has 5 N–H and O–H groups in total. The molecule has 3 rings (SSSR count). The van der Waals surface area contributed by atoms with Gasteiger partial charge >= 0.3 is 12.0 Å². The van der Waals surface area contributed by atoms with Crippen LogP contribution in [0.15, 0.2) is 9.59 Å². The largest absolute Gasteiger partial charge is 0.488 e. The maximum atomic E-state index is 12.1. The van der Waals surface area contributed by atoms with E-state index in [1.165, 1.54) is 0 Å².